The Balaban J connectivity index is 2.05. The second-order valence-corrected chi connectivity index (χ2v) is 5.33. The average molecular weight is 298 g/mol. The van der Waals surface area contributed by atoms with E-state index in [9.17, 15) is 14.7 Å². The maximum atomic E-state index is 12.2. The molecule has 2 heterocycles. The molecule has 21 heavy (non-hydrogen) atoms. The Labute approximate surface area is 123 Å². The Morgan fingerprint density at radius 1 is 1.10 bits per heavy atom. The van der Waals surface area contributed by atoms with Crippen molar-refractivity contribution in [3.63, 3.8) is 0 Å². The van der Waals surface area contributed by atoms with Crippen molar-refractivity contribution in [3.8, 4) is 0 Å². The normalized spacial score (nSPS) is 10.5. The first-order chi connectivity index (χ1) is 10.2. The zero-order chi connectivity index (χ0) is 14.8. The number of nitrogens with zero attached hydrogens (tertiary/aromatic N) is 1. The number of aromatic carboxylic acids is 1. The summed E-state index contributed by atoms with van der Waals surface area (Å²) < 4.78 is 0.811. The van der Waals surface area contributed by atoms with Crippen molar-refractivity contribution in [2.75, 3.05) is 5.32 Å². The van der Waals surface area contributed by atoms with Gasteiger partial charge in [0.05, 0.1) is 5.69 Å². The zero-order valence-electron chi connectivity index (χ0n) is 10.7. The van der Waals surface area contributed by atoms with Gasteiger partial charge in [0.2, 0.25) is 0 Å². The highest BCUT2D eigenvalue weighted by Gasteiger charge is 2.20. The van der Waals surface area contributed by atoms with Gasteiger partial charge in [0.15, 0.2) is 0 Å². The van der Waals surface area contributed by atoms with Crippen LogP contribution in [0.5, 0.6) is 0 Å². The molecule has 5 nitrogen and oxygen atoms in total. The van der Waals surface area contributed by atoms with Gasteiger partial charge in [0.25, 0.3) is 5.91 Å². The molecule has 1 amide bonds. The number of carboxylic acid groups (broad SMARTS) is 1. The van der Waals surface area contributed by atoms with E-state index < -0.39 is 11.9 Å². The van der Waals surface area contributed by atoms with Gasteiger partial charge in [0.1, 0.15) is 10.6 Å². The fourth-order valence-corrected chi connectivity index (χ4v) is 2.99. The third kappa shape index (κ3) is 2.48. The molecule has 0 aliphatic carbocycles. The summed E-state index contributed by atoms with van der Waals surface area (Å²) in [5, 5.41) is 12.7. The number of benzene rings is 1. The van der Waals surface area contributed by atoms with E-state index in [1.807, 2.05) is 12.1 Å². The lowest BCUT2D eigenvalue weighted by atomic mass is 10.2. The molecular formula is C15H10N2O3S. The molecule has 0 aliphatic rings. The summed E-state index contributed by atoms with van der Waals surface area (Å²) in [6, 6.07) is 12.2. The van der Waals surface area contributed by atoms with Crippen LogP contribution in [0, 0.1) is 0 Å². The molecule has 0 saturated heterocycles. The van der Waals surface area contributed by atoms with E-state index >= 15 is 0 Å². The van der Waals surface area contributed by atoms with Crippen molar-refractivity contribution in [3.05, 3.63) is 59.2 Å². The lowest BCUT2D eigenvalue weighted by molar-refractivity contribution is 0.0703. The molecule has 2 N–H and O–H groups in total. The molecule has 0 aliphatic heterocycles. The Kier molecular flexibility index (Phi) is 3.37. The van der Waals surface area contributed by atoms with Gasteiger partial charge in [-0.25, -0.2) is 4.79 Å². The van der Waals surface area contributed by atoms with Crippen LogP contribution in [0.2, 0.25) is 0 Å². The molecule has 0 fully saturated rings. The summed E-state index contributed by atoms with van der Waals surface area (Å²) in [7, 11) is 0. The van der Waals surface area contributed by atoms with Crippen molar-refractivity contribution in [1.29, 1.82) is 0 Å². The van der Waals surface area contributed by atoms with Crippen LogP contribution in [0.25, 0.3) is 10.1 Å². The van der Waals surface area contributed by atoms with Gasteiger partial charge in [-0.05, 0) is 18.2 Å². The molecular weight excluding hydrogens is 288 g/mol. The fourth-order valence-electron chi connectivity index (χ4n) is 1.99. The van der Waals surface area contributed by atoms with Crippen LogP contribution in [0.4, 0.5) is 5.69 Å². The number of hydrogen-bond acceptors (Lipinski definition) is 4. The van der Waals surface area contributed by atoms with Gasteiger partial charge in [0, 0.05) is 16.3 Å². The van der Waals surface area contributed by atoms with Crippen LogP contribution in [-0.4, -0.2) is 22.0 Å². The predicted molar refractivity (Wildman–Crippen MR) is 81.0 cm³/mol. The third-order valence-electron chi connectivity index (χ3n) is 2.93. The largest absolute Gasteiger partial charge is 0.477 e. The standard InChI is InChI=1S/C15H10N2O3S/c18-14(10-6-3-4-8-16-10)17-12-9-5-1-2-7-11(9)21-13(12)15(19)20/h1-8H,(H,17,18)(H,19,20). The number of carbonyl (C=O) groups excluding carboxylic acids is 1. The van der Waals surface area contributed by atoms with Crippen molar-refractivity contribution < 1.29 is 14.7 Å². The number of rotatable bonds is 3. The highest BCUT2D eigenvalue weighted by Crippen LogP contribution is 2.35. The van der Waals surface area contributed by atoms with Gasteiger partial charge in [-0.1, -0.05) is 24.3 Å². The minimum Gasteiger partial charge on any atom is -0.477 e. The number of hydrogen-bond donors (Lipinski definition) is 2. The minimum atomic E-state index is -1.06. The molecule has 1 aromatic carbocycles. The summed E-state index contributed by atoms with van der Waals surface area (Å²) in [6.45, 7) is 0. The Bertz CT molecular complexity index is 827. The van der Waals surface area contributed by atoms with E-state index in [0.717, 1.165) is 16.0 Å². The van der Waals surface area contributed by atoms with E-state index in [0.29, 0.717) is 11.1 Å². The van der Waals surface area contributed by atoms with E-state index in [-0.39, 0.29) is 10.6 Å². The molecule has 3 rings (SSSR count). The number of thiophene rings is 1. The number of amides is 1. The summed E-state index contributed by atoms with van der Waals surface area (Å²) in [4.78, 5) is 27.6. The first kappa shape index (κ1) is 13.3. The molecule has 6 heteroatoms. The Morgan fingerprint density at radius 3 is 2.57 bits per heavy atom. The second-order valence-electron chi connectivity index (χ2n) is 4.28. The second kappa shape index (κ2) is 5.34. The fraction of sp³-hybridized carbons (Fsp3) is 0. The van der Waals surface area contributed by atoms with E-state index in [4.69, 9.17) is 0 Å². The first-order valence-corrected chi connectivity index (χ1v) is 6.95. The van der Waals surface area contributed by atoms with Gasteiger partial charge in [-0.3, -0.25) is 9.78 Å². The minimum absolute atomic E-state index is 0.112. The summed E-state index contributed by atoms with van der Waals surface area (Å²) in [6.07, 6.45) is 1.51. The van der Waals surface area contributed by atoms with Gasteiger partial charge in [-0.2, -0.15) is 0 Å². The highest BCUT2D eigenvalue weighted by atomic mass is 32.1. The summed E-state index contributed by atoms with van der Waals surface area (Å²) in [5.74, 6) is -1.49. The van der Waals surface area contributed by atoms with Crippen LogP contribution in [-0.2, 0) is 0 Å². The van der Waals surface area contributed by atoms with Crippen LogP contribution >= 0.6 is 11.3 Å². The number of carboxylic acids is 1. The average Bonchev–Trinajstić information content (AvgIpc) is 2.87. The first-order valence-electron chi connectivity index (χ1n) is 6.14. The molecule has 0 unspecified atom stereocenters. The molecule has 104 valence electrons. The Hall–Kier alpha value is -2.73. The smallest absolute Gasteiger partial charge is 0.348 e. The van der Waals surface area contributed by atoms with E-state index in [2.05, 4.69) is 10.3 Å². The van der Waals surface area contributed by atoms with Crippen molar-refractivity contribution in [2.24, 2.45) is 0 Å². The van der Waals surface area contributed by atoms with Gasteiger partial charge < -0.3 is 10.4 Å². The molecule has 2 aromatic heterocycles. The maximum absolute atomic E-state index is 12.2. The molecule has 3 aromatic rings. The third-order valence-corrected chi connectivity index (χ3v) is 4.08. The quantitative estimate of drug-likeness (QED) is 0.778. The van der Waals surface area contributed by atoms with E-state index in [1.54, 1.807) is 30.3 Å². The van der Waals surface area contributed by atoms with Crippen molar-refractivity contribution in [1.82, 2.24) is 4.98 Å². The molecule has 0 saturated carbocycles. The van der Waals surface area contributed by atoms with Gasteiger partial charge >= 0.3 is 5.97 Å². The molecule has 0 radical (unpaired) electrons. The Morgan fingerprint density at radius 2 is 1.86 bits per heavy atom. The number of aromatic nitrogens is 1. The van der Waals surface area contributed by atoms with Crippen LogP contribution in [0.1, 0.15) is 20.2 Å². The number of pyridine rings is 1. The lowest BCUT2D eigenvalue weighted by Crippen LogP contribution is -2.14. The monoisotopic (exact) mass is 298 g/mol. The summed E-state index contributed by atoms with van der Waals surface area (Å²) in [5.41, 5.74) is 0.558. The topological polar surface area (TPSA) is 79.3 Å². The lowest BCUT2D eigenvalue weighted by Gasteiger charge is -2.05. The predicted octanol–water partition coefficient (Wildman–Crippen LogP) is 3.25. The van der Waals surface area contributed by atoms with Crippen molar-refractivity contribution >= 4 is 39.0 Å². The van der Waals surface area contributed by atoms with Crippen LogP contribution in [0.15, 0.2) is 48.7 Å². The SMILES string of the molecule is O=C(Nc1c(C(=O)O)sc2ccccc12)c1ccccn1. The number of nitrogens with one attached hydrogen (secondary N) is 1. The van der Waals surface area contributed by atoms with Crippen LogP contribution in [0.3, 0.4) is 0 Å². The zero-order valence-corrected chi connectivity index (χ0v) is 11.6. The molecule has 0 bridgehead atoms. The van der Waals surface area contributed by atoms with E-state index in [1.165, 1.54) is 6.20 Å². The van der Waals surface area contributed by atoms with Gasteiger partial charge in [-0.15, -0.1) is 11.3 Å². The summed E-state index contributed by atoms with van der Waals surface area (Å²) >= 11 is 1.13. The van der Waals surface area contributed by atoms with Crippen molar-refractivity contribution in [2.45, 2.75) is 0 Å². The highest BCUT2D eigenvalue weighted by molar-refractivity contribution is 7.21. The number of fused-ring (bicyclic) bond motifs is 1. The molecule has 0 spiro atoms. The van der Waals surface area contributed by atoms with Crippen LogP contribution < -0.4 is 5.32 Å². The number of carbonyl (C=O) groups is 2. The maximum Gasteiger partial charge on any atom is 0.348 e. The number of anilines is 1. The molecule has 0 atom stereocenters.